The molecule has 1 fully saturated rings. The first-order chi connectivity index (χ1) is 13.5. The van der Waals surface area contributed by atoms with Crippen LogP contribution in [0, 0.1) is 11.7 Å². The molecule has 1 atom stereocenters. The van der Waals surface area contributed by atoms with E-state index in [4.69, 9.17) is 9.47 Å². The number of hydrogen-bond donors (Lipinski definition) is 2. The molecule has 0 aromatic heterocycles. The van der Waals surface area contributed by atoms with Crippen LogP contribution in [0.15, 0.2) is 17.1 Å². The van der Waals surface area contributed by atoms with Gasteiger partial charge in [0.25, 0.3) is 0 Å². The van der Waals surface area contributed by atoms with Gasteiger partial charge in [-0.1, -0.05) is 13.8 Å². The quantitative estimate of drug-likeness (QED) is 0.589. The van der Waals surface area contributed by atoms with Gasteiger partial charge < -0.3 is 25.0 Å². The van der Waals surface area contributed by atoms with Gasteiger partial charge in [0.05, 0.1) is 6.61 Å². The lowest BCUT2D eigenvalue weighted by molar-refractivity contribution is -0.133. The van der Waals surface area contributed by atoms with Crippen molar-refractivity contribution in [3.8, 4) is 5.75 Å². The molecular formula is C20H29FN4O3. The van der Waals surface area contributed by atoms with E-state index < -0.39 is 0 Å². The summed E-state index contributed by atoms with van der Waals surface area (Å²) in [6.45, 7) is 6.43. The van der Waals surface area contributed by atoms with E-state index in [1.807, 2.05) is 18.7 Å². The third kappa shape index (κ3) is 4.92. The number of ether oxygens (including phenoxy) is 2. The number of carbonyl (C=O) groups is 1. The zero-order valence-corrected chi connectivity index (χ0v) is 16.8. The fraction of sp³-hybridized carbons (Fsp3) is 0.600. The normalized spacial score (nSPS) is 19.4. The molecule has 0 saturated carbocycles. The summed E-state index contributed by atoms with van der Waals surface area (Å²) in [6.07, 6.45) is 1.49. The van der Waals surface area contributed by atoms with Gasteiger partial charge in [-0.15, -0.1) is 0 Å². The van der Waals surface area contributed by atoms with Crippen molar-refractivity contribution < 1.29 is 18.7 Å². The fourth-order valence-electron chi connectivity index (χ4n) is 3.59. The van der Waals surface area contributed by atoms with E-state index in [0.29, 0.717) is 32.1 Å². The first-order valence-electron chi connectivity index (χ1n) is 9.75. The van der Waals surface area contributed by atoms with Crippen molar-refractivity contribution in [2.24, 2.45) is 10.9 Å². The average molecular weight is 392 g/mol. The second-order valence-corrected chi connectivity index (χ2v) is 7.48. The van der Waals surface area contributed by atoms with Gasteiger partial charge in [0.15, 0.2) is 12.8 Å². The topological polar surface area (TPSA) is 75.2 Å². The first kappa shape index (κ1) is 20.4. The van der Waals surface area contributed by atoms with Crippen molar-refractivity contribution in [1.82, 2.24) is 15.5 Å². The minimum atomic E-state index is -0.286. The number of aliphatic imine (C=N–C) groups is 1. The Bertz CT molecular complexity index is 738. The van der Waals surface area contributed by atoms with E-state index in [9.17, 15) is 9.18 Å². The molecule has 2 heterocycles. The van der Waals surface area contributed by atoms with Crippen molar-refractivity contribution in [2.45, 2.75) is 39.3 Å². The van der Waals surface area contributed by atoms with E-state index in [-0.39, 0.29) is 30.5 Å². The zero-order chi connectivity index (χ0) is 20.1. The molecule has 2 aliphatic rings. The van der Waals surface area contributed by atoms with Crippen LogP contribution in [-0.4, -0.2) is 56.3 Å². The fourth-order valence-corrected chi connectivity index (χ4v) is 3.59. The molecule has 3 rings (SSSR count). The number of likely N-dealkylation sites (tertiary alicyclic amines) is 1. The maximum Gasteiger partial charge on any atom is 0.225 e. The number of carbonyl (C=O) groups excluding carboxylic acids is 1. The second-order valence-electron chi connectivity index (χ2n) is 7.48. The van der Waals surface area contributed by atoms with Gasteiger partial charge in [-0.2, -0.15) is 0 Å². The molecule has 8 heteroatoms. The van der Waals surface area contributed by atoms with E-state index in [2.05, 4.69) is 15.6 Å². The number of nitrogens with zero attached hydrogens (tertiary/aromatic N) is 2. The van der Waals surface area contributed by atoms with Crippen LogP contribution in [0.25, 0.3) is 0 Å². The van der Waals surface area contributed by atoms with Gasteiger partial charge in [0.2, 0.25) is 5.91 Å². The maximum absolute atomic E-state index is 13.8. The average Bonchev–Trinajstić information content (AvgIpc) is 3.14. The van der Waals surface area contributed by atoms with E-state index >= 15 is 0 Å². The summed E-state index contributed by atoms with van der Waals surface area (Å²) in [5, 5.41) is 6.63. The summed E-state index contributed by atoms with van der Waals surface area (Å²) >= 11 is 0. The third-order valence-electron chi connectivity index (χ3n) is 5.00. The molecule has 1 unspecified atom stereocenters. The molecule has 7 nitrogen and oxygen atoms in total. The van der Waals surface area contributed by atoms with Crippen LogP contribution >= 0.6 is 0 Å². The SMILES string of the molecule is CN=C(NCCc1cc(F)cc2c1OCOC2)NC1CCN(C(=O)C(C)C)C1. The molecular weight excluding hydrogens is 363 g/mol. The van der Waals surface area contributed by atoms with Crippen LogP contribution < -0.4 is 15.4 Å². The van der Waals surface area contributed by atoms with Crippen LogP contribution in [0.1, 0.15) is 31.4 Å². The number of nitrogens with one attached hydrogen (secondary N) is 2. The molecule has 154 valence electrons. The minimum Gasteiger partial charge on any atom is -0.467 e. The number of benzene rings is 1. The van der Waals surface area contributed by atoms with Crippen LogP contribution in [0.2, 0.25) is 0 Å². The highest BCUT2D eigenvalue weighted by atomic mass is 19.1. The highest BCUT2D eigenvalue weighted by Crippen LogP contribution is 2.29. The number of halogens is 1. The van der Waals surface area contributed by atoms with Crippen molar-refractivity contribution in [3.05, 3.63) is 29.1 Å². The van der Waals surface area contributed by atoms with Gasteiger partial charge in [-0.05, 0) is 30.5 Å². The second kappa shape index (κ2) is 9.23. The number of fused-ring (bicyclic) bond motifs is 1. The predicted octanol–water partition coefficient (Wildman–Crippen LogP) is 1.66. The van der Waals surface area contributed by atoms with Crippen LogP contribution in [0.3, 0.4) is 0 Å². The molecule has 0 bridgehead atoms. The van der Waals surface area contributed by atoms with Crippen molar-refractivity contribution in [1.29, 1.82) is 0 Å². The van der Waals surface area contributed by atoms with Crippen molar-refractivity contribution >= 4 is 11.9 Å². The van der Waals surface area contributed by atoms with Crippen molar-refractivity contribution in [3.63, 3.8) is 0 Å². The van der Waals surface area contributed by atoms with Crippen LogP contribution in [0.4, 0.5) is 4.39 Å². The molecule has 2 aliphatic heterocycles. The lowest BCUT2D eigenvalue weighted by Gasteiger charge is -2.22. The number of guanidine groups is 1. The first-order valence-corrected chi connectivity index (χ1v) is 9.75. The Morgan fingerprint density at radius 3 is 3.00 bits per heavy atom. The van der Waals surface area contributed by atoms with Crippen LogP contribution in [0.5, 0.6) is 5.75 Å². The Morgan fingerprint density at radius 1 is 1.43 bits per heavy atom. The summed E-state index contributed by atoms with van der Waals surface area (Å²) < 4.78 is 24.6. The Kier molecular flexibility index (Phi) is 6.72. The zero-order valence-electron chi connectivity index (χ0n) is 16.8. The summed E-state index contributed by atoms with van der Waals surface area (Å²) in [4.78, 5) is 18.3. The Balaban J connectivity index is 1.51. The van der Waals surface area contributed by atoms with E-state index in [1.54, 1.807) is 7.05 Å². The largest absolute Gasteiger partial charge is 0.467 e. The molecule has 0 spiro atoms. The van der Waals surface area contributed by atoms with Gasteiger partial charge >= 0.3 is 0 Å². The summed E-state index contributed by atoms with van der Waals surface area (Å²) in [5.74, 6) is 1.31. The highest BCUT2D eigenvalue weighted by Gasteiger charge is 2.28. The highest BCUT2D eigenvalue weighted by molar-refractivity contribution is 5.81. The maximum atomic E-state index is 13.8. The van der Waals surface area contributed by atoms with Gasteiger partial charge in [-0.25, -0.2) is 4.39 Å². The standard InChI is InChI=1S/C20H29FN4O3/c1-13(2)19(26)25-7-5-17(10-25)24-20(22-3)23-6-4-14-8-16(21)9-15-11-27-12-28-18(14)15/h8-9,13,17H,4-7,10-12H2,1-3H3,(H2,22,23,24). The Hall–Kier alpha value is -2.35. The smallest absolute Gasteiger partial charge is 0.225 e. The predicted molar refractivity (Wildman–Crippen MR) is 105 cm³/mol. The molecule has 0 aliphatic carbocycles. The Labute approximate surface area is 165 Å². The monoisotopic (exact) mass is 392 g/mol. The summed E-state index contributed by atoms with van der Waals surface area (Å²) in [6, 6.07) is 3.14. The lowest BCUT2D eigenvalue weighted by atomic mass is 10.1. The van der Waals surface area contributed by atoms with Crippen LogP contribution in [-0.2, 0) is 22.6 Å². The summed E-state index contributed by atoms with van der Waals surface area (Å²) in [5.41, 5.74) is 1.56. The molecule has 1 saturated heterocycles. The molecule has 2 N–H and O–H groups in total. The number of amides is 1. The van der Waals surface area contributed by atoms with E-state index in [1.165, 1.54) is 12.1 Å². The third-order valence-corrected chi connectivity index (χ3v) is 5.00. The van der Waals surface area contributed by atoms with Gasteiger partial charge in [0, 0.05) is 44.2 Å². The number of rotatable bonds is 5. The minimum absolute atomic E-state index is 0.0148. The van der Waals surface area contributed by atoms with E-state index in [0.717, 1.165) is 29.8 Å². The molecule has 28 heavy (non-hydrogen) atoms. The molecule has 1 aromatic rings. The molecule has 1 aromatic carbocycles. The number of hydrogen-bond acceptors (Lipinski definition) is 4. The molecule has 0 radical (unpaired) electrons. The van der Waals surface area contributed by atoms with Crippen molar-refractivity contribution in [2.75, 3.05) is 33.5 Å². The summed E-state index contributed by atoms with van der Waals surface area (Å²) in [7, 11) is 1.71. The Morgan fingerprint density at radius 2 is 2.25 bits per heavy atom. The molecule has 1 amide bonds. The lowest BCUT2D eigenvalue weighted by Crippen LogP contribution is -2.45. The van der Waals surface area contributed by atoms with Gasteiger partial charge in [0.1, 0.15) is 11.6 Å². The van der Waals surface area contributed by atoms with Gasteiger partial charge in [-0.3, -0.25) is 9.79 Å².